The van der Waals surface area contributed by atoms with Gasteiger partial charge < -0.3 is 9.84 Å². The molecule has 2 aromatic rings. The van der Waals surface area contributed by atoms with Crippen molar-refractivity contribution >= 4 is 0 Å². The number of aliphatic hydroxyl groups excluding tert-OH is 1. The van der Waals surface area contributed by atoms with Crippen molar-refractivity contribution in [1.29, 1.82) is 0 Å². The Morgan fingerprint density at radius 1 is 1.00 bits per heavy atom. The Morgan fingerprint density at radius 3 is 2.24 bits per heavy atom. The van der Waals surface area contributed by atoms with Gasteiger partial charge in [0.25, 0.3) is 0 Å². The quantitative estimate of drug-likeness (QED) is 0.883. The summed E-state index contributed by atoms with van der Waals surface area (Å²) in [7, 11) is 0. The van der Waals surface area contributed by atoms with Crippen molar-refractivity contribution in [2.45, 2.75) is 46.3 Å². The fourth-order valence-electron chi connectivity index (χ4n) is 2.55. The second-order valence-electron chi connectivity index (χ2n) is 5.83. The molecule has 2 heteroatoms. The monoisotopic (exact) mass is 284 g/mol. The van der Waals surface area contributed by atoms with Crippen molar-refractivity contribution in [3.63, 3.8) is 0 Å². The van der Waals surface area contributed by atoms with Gasteiger partial charge in [-0.05, 0) is 62.1 Å². The molecular formula is C19H24O2. The van der Waals surface area contributed by atoms with Crippen LogP contribution < -0.4 is 4.74 Å². The highest BCUT2D eigenvalue weighted by Gasteiger charge is 2.13. The van der Waals surface area contributed by atoms with E-state index in [1.165, 1.54) is 16.7 Å². The molecule has 0 spiro atoms. The highest BCUT2D eigenvalue weighted by molar-refractivity contribution is 5.36. The van der Waals surface area contributed by atoms with Crippen LogP contribution in [0.15, 0.2) is 42.5 Å². The van der Waals surface area contributed by atoms with E-state index in [9.17, 15) is 5.11 Å². The molecule has 0 aromatic heterocycles. The lowest BCUT2D eigenvalue weighted by atomic mass is 9.94. The molecule has 0 aliphatic carbocycles. The summed E-state index contributed by atoms with van der Waals surface area (Å²) in [6.07, 6.45) is 0.250. The smallest absolute Gasteiger partial charge is 0.120 e. The second kappa shape index (κ2) is 6.77. The lowest BCUT2D eigenvalue weighted by Crippen LogP contribution is -2.08. The van der Waals surface area contributed by atoms with Gasteiger partial charge in [-0.3, -0.25) is 0 Å². The zero-order valence-electron chi connectivity index (χ0n) is 13.3. The van der Waals surface area contributed by atoms with E-state index < -0.39 is 6.10 Å². The van der Waals surface area contributed by atoms with Gasteiger partial charge in [-0.2, -0.15) is 0 Å². The summed E-state index contributed by atoms with van der Waals surface area (Å²) in [5, 5.41) is 10.5. The van der Waals surface area contributed by atoms with Crippen molar-refractivity contribution in [2.75, 3.05) is 0 Å². The van der Waals surface area contributed by atoms with Crippen LogP contribution in [0.5, 0.6) is 5.75 Å². The van der Waals surface area contributed by atoms with E-state index in [1.54, 1.807) is 0 Å². The van der Waals surface area contributed by atoms with Crippen LogP contribution in [0.2, 0.25) is 0 Å². The van der Waals surface area contributed by atoms with Crippen LogP contribution in [0.1, 0.15) is 42.2 Å². The number of hydrogen-bond donors (Lipinski definition) is 1. The van der Waals surface area contributed by atoms with Crippen molar-refractivity contribution in [1.82, 2.24) is 0 Å². The molecule has 0 amide bonds. The van der Waals surface area contributed by atoms with Crippen LogP contribution >= 0.6 is 0 Å². The first-order valence-corrected chi connectivity index (χ1v) is 7.47. The van der Waals surface area contributed by atoms with Gasteiger partial charge in [0, 0.05) is 6.42 Å². The van der Waals surface area contributed by atoms with Crippen molar-refractivity contribution in [3.05, 3.63) is 64.7 Å². The Kier molecular flexibility index (Phi) is 5.03. The molecule has 1 N–H and O–H groups in total. The predicted molar refractivity (Wildman–Crippen MR) is 86.8 cm³/mol. The Balaban J connectivity index is 2.18. The molecule has 1 atom stereocenters. The summed E-state index contributed by atoms with van der Waals surface area (Å²) < 4.78 is 5.69. The predicted octanol–water partition coefficient (Wildman–Crippen LogP) is 4.37. The van der Waals surface area contributed by atoms with Gasteiger partial charge in [0.15, 0.2) is 0 Å². The van der Waals surface area contributed by atoms with E-state index in [1.807, 2.05) is 38.1 Å². The maximum atomic E-state index is 10.5. The van der Waals surface area contributed by atoms with Crippen molar-refractivity contribution in [2.24, 2.45) is 0 Å². The Labute approximate surface area is 127 Å². The molecule has 0 saturated carbocycles. The number of aliphatic hydroxyl groups is 1. The van der Waals surface area contributed by atoms with E-state index in [4.69, 9.17) is 4.74 Å². The zero-order chi connectivity index (χ0) is 15.4. The molecule has 1 unspecified atom stereocenters. The van der Waals surface area contributed by atoms with Crippen LogP contribution in [-0.4, -0.2) is 11.2 Å². The average Bonchev–Trinajstić information content (AvgIpc) is 2.42. The minimum atomic E-state index is -0.513. The van der Waals surface area contributed by atoms with Gasteiger partial charge in [0.2, 0.25) is 0 Å². The molecular weight excluding hydrogens is 260 g/mol. The molecule has 2 rings (SSSR count). The summed E-state index contributed by atoms with van der Waals surface area (Å²) in [4.78, 5) is 0. The third kappa shape index (κ3) is 4.08. The molecule has 112 valence electrons. The summed E-state index contributed by atoms with van der Waals surface area (Å²) in [5.41, 5.74) is 4.57. The van der Waals surface area contributed by atoms with Gasteiger partial charge in [0.1, 0.15) is 5.75 Å². The third-order valence-corrected chi connectivity index (χ3v) is 3.66. The first kappa shape index (κ1) is 15.6. The molecule has 0 aliphatic rings. The molecule has 0 heterocycles. The zero-order valence-corrected chi connectivity index (χ0v) is 13.3. The molecule has 0 fully saturated rings. The van der Waals surface area contributed by atoms with Gasteiger partial charge in [0.05, 0.1) is 12.2 Å². The third-order valence-electron chi connectivity index (χ3n) is 3.66. The van der Waals surface area contributed by atoms with Crippen molar-refractivity contribution in [3.8, 4) is 5.75 Å². The fraction of sp³-hybridized carbons (Fsp3) is 0.368. The average molecular weight is 284 g/mol. The first-order chi connectivity index (χ1) is 9.97. The summed E-state index contributed by atoms with van der Waals surface area (Å²) >= 11 is 0. The summed E-state index contributed by atoms with van der Waals surface area (Å²) in [6, 6.07) is 14.0. The van der Waals surface area contributed by atoms with E-state index in [-0.39, 0.29) is 6.10 Å². The highest BCUT2D eigenvalue weighted by atomic mass is 16.5. The summed E-state index contributed by atoms with van der Waals surface area (Å²) in [6.45, 7) is 8.18. The normalized spacial score (nSPS) is 12.5. The molecule has 2 aromatic carbocycles. The first-order valence-electron chi connectivity index (χ1n) is 7.47. The molecule has 2 nitrogen and oxygen atoms in total. The topological polar surface area (TPSA) is 29.5 Å². The lowest BCUT2D eigenvalue weighted by Gasteiger charge is -2.17. The van der Waals surface area contributed by atoms with Crippen LogP contribution in [-0.2, 0) is 6.42 Å². The van der Waals surface area contributed by atoms with Gasteiger partial charge in [-0.25, -0.2) is 0 Å². The van der Waals surface area contributed by atoms with Crippen LogP contribution in [0, 0.1) is 13.8 Å². The summed E-state index contributed by atoms with van der Waals surface area (Å²) in [5.74, 6) is 0.808. The van der Waals surface area contributed by atoms with E-state index in [2.05, 4.69) is 32.0 Å². The minimum absolute atomic E-state index is 0.135. The maximum Gasteiger partial charge on any atom is 0.120 e. The molecule has 0 radical (unpaired) electrons. The number of aryl methyl sites for hydroxylation is 2. The van der Waals surface area contributed by atoms with E-state index in [0.717, 1.165) is 11.3 Å². The Morgan fingerprint density at radius 2 is 1.62 bits per heavy atom. The largest absolute Gasteiger partial charge is 0.491 e. The van der Waals surface area contributed by atoms with Gasteiger partial charge in [-0.1, -0.05) is 30.3 Å². The molecule has 21 heavy (non-hydrogen) atoms. The van der Waals surface area contributed by atoms with Crippen LogP contribution in [0.25, 0.3) is 0 Å². The number of rotatable bonds is 5. The second-order valence-corrected chi connectivity index (χ2v) is 5.83. The Bertz CT molecular complexity index is 582. The SMILES string of the molecule is Cc1cccc(C)c1CC(O)c1cccc(OC(C)C)c1. The van der Waals surface area contributed by atoms with Crippen LogP contribution in [0.3, 0.4) is 0 Å². The minimum Gasteiger partial charge on any atom is -0.491 e. The lowest BCUT2D eigenvalue weighted by molar-refractivity contribution is 0.176. The van der Waals surface area contributed by atoms with Crippen molar-refractivity contribution < 1.29 is 9.84 Å². The standard InChI is InChI=1S/C19H24O2/c1-13(2)21-17-10-6-9-16(11-17)19(20)12-18-14(3)7-5-8-15(18)4/h5-11,13,19-20H,12H2,1-4H3. The van der Waals surface area contributed by atoms with E-state index >= 15 is 0 Å². The van der Waals surface area contributed by atoms with Crippen LogP contribution in [0.4, 0.5) is 0 Å². The molecule has 0 bridgehead atoms. The van der Waals surface area contributed by atoms with E-state index in [0.29, 0.717) is 6.42 Å². The fourth-order valence-corrected chi connectivity index (χ4v) is 2.55. The molecule has 0 aliphatic heterocycles. The Hall–Kier alpha value is -1.80. The highest BCUT2D eigenvalue weighted by Crippen LogP contribution is 2.25. The number of benzene rings is 2. The number of hydrogen-bond acceptors (Lipinski definition) is 2. The maximum absolute atomic E-state index is 10.5. The number of ether oxygens (including phenoxy) is 1. The molecule has 0 saturated heterocycles. The van der Waals surface area contributed by atoms with Gasteiger partial charge in [-0.15, -0.1) is 0 Å². The van der Waals surface area contributed by atoms with Gasteiger partial charge >= 0.3 is 0 Å².